The quantitative estimate of drug-likeness (QED) is 0.574. The molecule has 0 aromatic carbocycles. The van der Waals surface area contributed by atoms with E-state index < -0.39 is 0 Å². The van der Waals surface area contributed by atoms with E-state index in [-0.39, 0.29) is 10.7 Å². The molecule has 20 heavy (non-hydrogen) atoms. The van der Waals surface area contributed by atoms with Crippen LogP contribution in [-0.2, 0) is 0 Å². The zero-order chi connectivity index (χ0) is 14.6. The van der Waals surface area contributed by atoms with Gasteiger partial charge in [0, 0.05) is 17.5 Å². The number of rotatable bonds is 5. The van der Waals surface area contributed by atoms with Crippen molar-refractivity contribution in [2.75, 3.05) is 18.2 Å². The molecule has 0 radical (unpaired) electrons. The third-order valence-corrected chi connectivity index (χ3v) is 5.47. The van der Waals surface area contributed by atoms with Gasteiger partial charge in [-0.2, -0.15) is 11.8 Å². The SMILES string of the molecule is CSC1(CNC(=O)c2cnc(NN)c(Cl)c2)CCCC1. The van der Waals surface area contributed by atoms with Gasteiger partial charge in [-0.1, -0.05) is 24.4 Å². The highest BCUT2D eigenvalue weighted by atomic mass is 35.5. The van der Waals surface area contributed by atoms with Crippen LogP contribution in [0.25, 0.3) is 0 Å². The Hall–Kier alpha value is -0.980. The molecule has 0 atom stereocenters. The molecule has 1 fully saturated rings. The fraction of sp³-hybridized carbons (Fsp3) is 0.538. The van der Waals surface area contributed by atoms with Crippen molar-refractivity contribution in [3.05, 3.63) is 22.8 Å². The molecule has 0 spiro atoms. The van der Waals surface area contributed by atoms with Crippen molar-refractivity contribution in [2.45, 2.75) is 30.4 Å². The molecule has 1 aliphatic carbocycles. The molecular formula is C13H19ClN4OS. The summed E-state index contributed by atoms with van der Waals surface area (Å²) in [5.74, 6) is 5.46. The number of nitrogens with two attached hydrogens (primary N) is 1. The normalized spacial score (nSPS) is 16.9. The minimum atomic E-state index is -0.150. The standard InChI is InChI=1S/C13H19ClN4OS/c1-20-13(4-2-3-5-13)8-17-12(19)9-6-10(14)11(18-15)16-7-9/h6-7H,2-5,8,15H2,1H3,(H,16,18)(H,17,19). The van der Waals surface area contributed by atoms with E-state index in [1.54, 1.807) is 6.07 Å². The number of anilines is 1. The number of aromatic nitrogens is 1. The highest BCUT2D eigenvalue weighted by Gasteiger charge is 2.33. The average molecular weight is 315 g/mol. The van der Waals surface area contributed by atoms with Crippen LogP contribution < -0.4 is 16.6 Å². The summed E-state index contributed by atoms with van der Waals surface area (Å²) in [5.41, 5.74) is 2.82. The molecule has 1 amide bonds. The lowest BCUT2D eigenvalue weighted by molar-refractivity contribution is 0.0949. The molecule has 0 aliphatic heterocycles. The summed E-state index contributed by atoms with van der Waals surface area (Å²) < 4.78 is 0.186. The fourth-order valence-corrected chi connectivity index (χ4v) is 3.62. The number of carbonyl (C=O) groups is 1. The summed E-state index contributed by atoms with van der Waals surface area (Å²) in [6.45, 7) is 0.682. The summed E-state index contributed by atoms with van der Waals surface area (Å²) in [7, 11) is 0. The van der Waals surface area contributed by atoms with Gasteiger partial charge in [0.05, 0.1) is 10.6 Å². The van der Waals surface area contributed by atoms with Crippen LogP contribution in [0.15, 0.2) is 12.3 Å². The zero-order valence-electron chi connectivity index (χ0n) is 11.4. The molecule has 1 saturated carbocycles. The van der Waals surface area contributed by atoms with Crippen molar-refractivity contribution >= 4 is 35.1 Å². The number of carbonyl (C=O) groups excluding carboxylic acids is 1. The minimum Gasteiger partial charge on any atom is -0.351 e. The third-order valence-electron chi connectivity index (χ3n) is 3.76. The lowest BCUT2D eigenvalue weighted by atomic mass is 10.1. The molecule has 0 bridgehead atoms. The smallest absolute Gasteiger partial charge is 0.252 e. The van der Waals surface area contributed by atoms with Crippen LogP contribution >= 0.6 is 23.4 Å². The van der Waals surface area contributed by atoms with Crippen molar-refractivity contribution < 1.29 is 4.79 Å². The number of halogens is 1. The van der Waals surface area contributed by atoms with Gasteiger partial charge in [0.25, 0.3) is 5.91 Å². The molecule has 110 valence electrons. The average Bonchev–Trinajstić information content (AvgIpc) is 2.94. The Bertz CT molecular complexity index is 491. The van der Waals surface area contributed by atoms with Gasteiger partial charge < -0.3 is 10.7 Å². The summed E-state index contributed by atoms with van der Waals surface area (Å²) in [6, 6.07) is 1.57. The van der Waals surface area contributed by atoms with Gasteiger partial charge >= 0.3 is 0 Å². The summed E-state index contributed by atoms with van der Waals surface area (Å²) >= 11 is 7.81. The number of hydrogen-bond donors (Lipinski definition) is 3. The number of amides is 1. The summed E-state index contributed by atoms with van der Waals surface area (Å²) in [4.78, 5) is 16.1. The van der Waals surface area contributed by atoms with Crippen LogP contribution in [0.5, 0.6) is 0 Å². The predicted octanol–water partition coefficient (Wildman–Crippen LogP) is 2.43. The summed E-state index contributed by atoms with van der Waals surface area (Å²) in [5, 5.41) is 3.32. The van der Waals surface area contributed by atoms with Crippen molar-refractivity contribution in [1.29, 1.82) is 0 Å². The van der Waals surface area contributed by atoms with Gasteiger partial charge in [-0.3, -0.25) is 4.79 Å². The maximum absolute atomic E-state index is 12.1. The first-order valence-electron chi connectivity index (χ1n) is 6.56. The molecule has 4 N–H and O–H groups in total. The van der Waals surface area contributed by atoms with E-state index in [0.29, 0.717) is 22.9 Å². The van der Waals surface area contributed by atoms with Gasteiger partial charge in [0.2, 0.25) is 0 Å². The van der Waals surface area contributed by atoms with Crippen molar-refractivity contribution in [2.24, 2.45) is 5.84 Å². The van der Waals surface area contributed by atoms with E-state index in [4.69, 9.17) is 17.4 Å². The molecule has 0 unspecified atom stereocenters. The Morgan fingerprint density at radius 1 is 1.55 bits per heavy atom. The number of nitrogens with one attached hydrogen (secondary N) is 2. The Kier molecular flexibility index (Phi) is 5.12. The van der Waals surface area contributed by atoms with Crippen LogP contribution in [0.3, 0.4) is 0 Å². The Balaban J connectivity index is 1.99. The Labute approximate surface area is 128 Å². The first-order valence-corrected chi connectivity index (χ1v) is 8.16. The Morgan fingerprint density at radius 2 is 2.25 bits per heavy atom. The van der Waals surface area contributed by atoms with Crippen LogP contribution in [-0.4, -0.2) is 28.4 Å². The first-order chi connectivity index (χ1) is 9.60. The minimum absolute atomic E-state index is 0.150. The van der Waals surface area contributed by atoms with Crippen LogP contribution in [0.1, 0.15) is 36.0 Å². The van der Waals surface area contributed by atoms with Gasteiger partial charge in [0.1, 0.15) is 0 Å². The molecule has 2 rings (SSSR count). The van der Waals surface area contributed by atoms with Crippen LogP contribution in [0.2, 0.25) is 5.02 Å². The van der Waals surface area contributed by atoms with E-state index in [9.17, 15) is 4.79 Å². The molecule has 1 aromatic heterocycles. The van der Waals surface area contributed by atoms with E-state index >= 15 is 0 Å². The number of pyridine rings is 1. The molecule has 1 heterocycles. The molecule has 1 aromatic rings. The number of thioether (sulfide) groups is 1. The van der Waals surface area contributed by atoms with Gasteiger partial charge in [0.15, 0.2) is 5.82 Å². The van der Waals surface area contributed by atoms with Crippen LogP contribution in [0, 0.1) is 0 Å². The lowest BCUT2D eigenvalue weighted by Crippen LogP contribution is -2.38. The maximum atomic E-state index is 12.1. The highest BCUT2D eigenvalue weighted by molar-refractivity contribution is 8.00. The van der Waals surface area contributed by atoms with Crippen molar-refractivity contribution in [1.82, 2.24) is 10.3 Å². The number of nitrogens with zero attached hydrogens (tertiary/aromatic N) is 1. The van der Waals surface area contributed by atoms with Gasteiger partial charge in [-0.15, -0.1) is 0 Å². The second-order valence-corrected chi connectivity index (χ2v) is 6.66. The number of hydrazine groups is 1. The van der Waals surface area contributed by atoms with E-state index in [0.717, 1.165) is 12.8 Å². The third kappa shape index (κ3) is 3.37. The molecule has 1 aliphatic rings. The Morgan fingerprint density at radius 3 is 2.80 bits per heavy atom. The lowest BCUT2D eigenvalue weighted by Gasteiger charge is -2.26. The molecule has 0 saturated heterocycles. The molecule has 7 heteroatoms. The fourth-order valence-electron chi connectivity index (χ4n) is 2.48. The summed E-state index contributed by atoms with van der Waals surface area (Å²) in [6.07, 6.45) is 8.36. The largest absolute Gasteiger partial charge is 0.351 e. The molecular weight excluding hydrogens is 296 g/mol. The second-order valence-electron chi connectivity index (χ2n) is 4.98. The van der Waals surface area contributed by atoms with Gasteiger partial charge in [-0.05, 0) is 25.2 Å². The maximum Gasteiger partial charge on any atom is 0.252 e. The van der Waals surface area contributed by atoms with Gasteiger partial charge in [-0.25, -0.2) is 10.8 Å². The van der Waals surface area contributed by atoms with Crippen molar-refractivity contribution in [3.8, 4) is 0 Å². The highest BCUT2D eigenvalue weighted by Crippen LogP contribution is 2.39. The number of hydrogen-bond acceptors (Lipinski definition) is 5. The topological polar surface area (TPSA) is 80.0 Å². The second kappa shape index (κ2) is 6.65. The van der Waals surface area contributed by atoms with Crippen molar-refractivity contribution in [3.63, 3.8) is 0 Å². The monoisotopic (exact) mass is 314 g/mol. The van der Waals surface area contributed by atoms with E-state index in [1.165, 1.54) is 19.0 Å². The van der Waals surface area contributed by atoms with E-state index in [1.807, 2.05) is 11.8 Å². The predicted molar refractivity (Wildman–Crippen MR) is 84.1 cm³/mol. The zero-order valence-corrected chi connectivity index (χ0v) is 13.0. The number of nitrogen functional groups attached to an aromatic ring is 1. The van der Waals surface area contributed by atoms with Crippen LogP contribution in [0.4, 0.5) is 5.82 Å². The molecule has 5 nitrogen and oxygen atoms in total. The first kappa shape index (κ1) is 15.4. The van der Waals surface area contributed by atoms with E-state index in [2.05, 4.69) is 22.0 Å².